The molecule has 19 heavy (non-hydrogen) atoms. The molecule has 0 atom stereocenters. The van der Waals surface area contributed by atoms with E-state index in [1.54, 1.807) is 0 Å². The van der Waals surface area contributed by atoms with E-state index in [4.69, 9.17) is 4.98 Å². The van der Waals surface area contributed by atoms with E-state index < -0.39 is 0 Å². The molecule has 0 bridgehead atoms. The summed E-state index contributed by atoms with van der Waals surface area (Å²) in [6.45, 7) is 7.53. The summed E-state index contributed by atoms with van der Waals surface area (Å²) in [6, 6.07) is 7.14. The Balaban J connectivity index is 2.16. The average molecular weight is 254 g/mol. The number of nitrogens with zero attached hydrogens (tertiary/aromatic N) is 1. The van der Waals surface area contributed by atoms with Crippen LogP contribution >= 0.6 is 0 Å². The first-order valence-electron chi connectivity index (χ1n) is 7.29. The van der Waals surface area contributed by atoms with Gasteiger partial charge in [-0.3, -0.25) is 4.98 Å². The summed E-state index contributed by atoms with van der Waals surface area (Å²) >= 11 is 0. The number of hydrogen-bond acceptors (Lipinski definition) is 2. The SMILES string of the molecule is Cc1ccc2nc3c(c(CNC(C)C)c2c1)CCC3. The van der Waals surface area contributed by atoms with E-state index in [2.05, 4.69) is 44.3 Å². The molecule has 0 aliphatic heterocycles. The van der Waals surface area contributed by atoms with Crippen LogP contribution in [0, 0.1) is 6.92 Å². The van der Waals surface area contributed by atoms with E-state index in [9.17, 15) is 0 Å². The largest absolute Gasteiger partial charge is 0.310 e. The molecule has 1 N–H and O–H groups in total. The van der Waals surface area contributed by atoms with Crippen molar-refractivity contribution in [1.29, 1.82) is 0 Å². The van der Waals surface area contributed by atoms with Gasteiger partial charge in [-0.15, -0.1) is 0 Å². The Morgan fingerprint density at radius 3 is 2.89 bits per heavy atom. The maximum absolute atomic E-state index is 4.86. The van der Waals surface area contributed by atoms with Crippen LogP contribution in [0.1, 0.15) is 42.7 Å². The molecule has 0 amide bonds. The molecule has 1 aromatic heterocycles. The minimum atomic E-state index is 0.519. The highest BCUT2D eigenvalue weighted by atomic mass is 14.9. The number of aromatic nitrogens is 1. The van der Waals surface area contributed by atoms with Crippen molar-refractivity contribution in [2.75, 3.05) is 0 Å². The van der Waals surface area contributed by atoms with Crippen LogP contribution < -0.4 is 5.32 Å². The summed E-state index contributed by atoms with van der Waals surface area (Å²) in [6.07, 6.45) is 3.60. The fourth-order valence-electron chi connectivity index (χ4n) is 2.98. The molecule has 0 spiro atoms. The third kappa shape index (κ3) is 2.37. The Morgan fingerprint density at radius 2 is 2.11 bits per heavy atom. The van der Waals surface area contributed by atoms with Crippen molar-refractivity contribution in [1.82, 2.24) is 10.3 Å². The zero-order chi connectivity index (χ0) is 13.4. The zero-order valence-corrected chi connectivity index (χ0v) is 12.1. The van der Waals surface area contributed by atoms with Gasteiger partial charge in [-0.25, -0.2) is 0 Å². The smallest absolute Gasteiger partial charge is 0.0708 e. The quantitative estimate of drug-likeness (QED) is 0.906. The lowest BCUT2D eigenvalue weighted by Gasteiger charge is -2.15. The molecular formula is C17H22N2. The molecule has 2 heteroatoms. The van der Waals surface area contributed by atoms with Crippen molar-refractivity contribution in [3.05, 3.63) is 40.6 Å². The second kappa shape index (κ2) is 4.93. The molecule has 0 radical (unpaired) electrons. The lowest BCUT2D eigenvalue weighted by atomic mass is 9.99. The van der Waals surface area contributed by atoms with Gasteiger partial charge in [-0.2, -0.15) is 0 Å². The Bertz CT molecular complexity index is 614. The summed E-state index contributed by atoms with van der Waals surface area (Å²) in [5.74, 6) is 0. The number of benzene rings is 1. The fraction of sp³-hybridized carbons (Fsp3) is 0.471. The third-order valence-corrected chi connectivity index (χ3v) is 3.97. The van der Waals surface area contributed by atoms with Gasteiger partial charge in [0.15, 0.2) is 0 Å². The van der Waals surface area contributed by atoms with Crippen LogP contribution in [-0.2, 0) is 19.4 Å². The normalized spacial score (nSPS) is 14.3. The molecule has 2 aromatic rings. The molecule has 100 valence electrons. The summed E-state index contributed by atoms with van der Waals surface area (Å²) in [7, 11) is 0. The van der Waals surface area contributed by atoms with Gasteiger partial charge in [0.25, 0.3) is 0 Å². The Morgan fingerprint density at radius 1 is 1.26 bits per heavy atom. The number of aryl methyl sites for hydroxylation is 2. The Kier molecular flexibility index (Phi) is 3.28. The van der Waals surface area contributed by atoms with Gasteiger partial charge in [0.1, 0.15) is 0 Å². The molecule has 1 aromatic carbocycles. The monoisotopic (exact) mass is 254 g/mol. The number of nitrogens with one attached hydrogen (secondary N) is 1. The fourth-order valence-corrected chi connectivity index (χ4v) is 2.98. The average Bonchev–Trinajstić information content (AvgIpc) is 2.82. The highest BCUT2D eigenvalue weighted by Crippen LogP contribution is 2.30. The molecule has 2 nitrogen and oxygen atoms in total. The first-order chi connectivity index (χ1) is 9.15. The standard InChI is InChI=1S/C17H22N2/c1-11(2)18-10-15-13-5-4-6-16(13)19-17-8-7-12(3)9-14(15)17/h7-9,11,18H,4-6,10H2,1-3H3. The van der Waals surface area contributed by atoms with Gasteiger partial charge in [-0.1, -0.05) is 25.5 Å². The number of pyridine rings is 1. The summed E-state index contributed by atoms with van der Waals surface area (Å²) in [5.41, 5.74) is 6.79. The van der Waals surface area contributed by atoms with E-state index in [1.165, 1.54) is 40.6 Å². The first-order valence-corrected chi connectivity index (χ1v) is 7.29. The molecule has 0 unspecified atom stereocenters. The van der Waals surface area contributed by atoms with E-state index in [-0.39, 0.29) is 0 Å². The Labute approximate surface area is 115 Å². The van der Waals surface area contributed by atoms with Crippen molar-refractivity contribution < 1.29 is 0 Å². The van der Waals surface area contributed by atoms with Crippen LogP contribution in [-0.4, -0.2) is 11.0 Å². The first kappa shape index (κ1) is 12.6. The predicted molar refractivity (Wildman–Crippen MR) is 80.5 cm³/mol. The van der Waals surface area contributed by atoms with Crippen LogP contribution in [0.4, 0.5) is 0 Å². The minimum absolute atomic E-state index is 0.519. The Hall–Kier alpha value is -1.41. The molecule has 3 rings (SSSR count). The predicted octanol–water partition coefficient (Wildman–Crippen LogP) is 3.53. The lowest BCUT2D eigenvalue weighted by Crippen LogP contribution is -2.23. The van der Waals surface area contributed by atoms with Gasteiger partial charge in [0.2, 0.25) is 0 Å². The number of fused-ring (bicyclic) bond motifs is 2. The van der Waals surface area contributed by atoms with E-state index in [0.717, 1.165) is 18.5 Å². The number of rotatable bonds is 3. The van der Waals surface area contributed by atoms with Crippen LogP contribution in [0.3, 0.4) is 0 Å². The van der Waals surface area contributed by atoms with Crippen molar-refractivity contribution in [2.45, 2.75) is 52.6 Å². The highest BCUT2D eigenvalue weighted by Gasteiger charge is 2.19. The van der Waals surface area contributed by atoms with Gasteiger partial charge < -0.3 is 5.32 Å². The van der Waals surface area contributed by atoms with Gasteiger partial charge in [0.05, 0.1) is 5.52 Å². The molecular weight excluding hydrogens is 232 g/mol. The van der Waals surface area contributed by atoms with Crippen LogP contribution in [0.15, 0.2) is 18.2 Å². The summed E-state index contributed by atoms with van der Waals surface area (Å²) < 4.78 is 0. The van der Waals surface area contributed by atoms with Crippen molar-refractivity contribution in [2.24, 2.45) is 0 Å². The molecule has 0 saturated heterocycles. The maximum Gasteiger partial charge on any atom is 0.0708 e. The minimum Gasteiger partial charge on any atom is -0.310 e. The third-order valence-electron chi connectivity index (χ3n) is 3.97. The van der Waals surface area contributed by atoms with Gasteiger partial charge in [0, 0.05) is 23.7 Å². The van der Waals surface area contributed by atoms with E-state index in [1.807, 2.05) is 0 Å². The molecule has 1 aliphatic carbocycles. The number of hydrogen-bond donors (Lipinski definition) is 1. The molecule has 0 saturated carbocycles. The molecule has 1 heterocycles. The topological polar surface area (TPSA) is 24.9 Å². The lowest BCUT2D eigenvalue weighted by molar-refractivity contribution is 0.588. The maximum atomic E-state index is 4.86. The summed E-state index contributed by atoms with van der Waals surface area (Å²) in [5, 5.41) is 4.92. The van der Waals surface area contributed by atoms with Crippen LogP contribution in [0.2, 0.25) is 0 Å². The summed E-state index contributed by atoms with van der Waals surface area (Å²) in [4.78, 5) is 4.86. The molecule has 0 fully saturated rings. The van der Waals surface area contributed by atoms with Gasteiger partial charge in [-0.05, 0) is 49.4 Å². The van der Waals surface area contributed by atoms with Crippen molar-refractivity contribution >= 4 is 10.9 Å². The van der Waals surface area contributed by atoms with Gasteiger partial charge >= 0.3 is 0 Å². The van der Waals surface area contributed by atoms with E-state index >= 15 is 0 Å². The zero-order valence-electron chi connectivity index (χ0n) is 12.1. The second-order valence-corrected chi connectivity index (χ2v) is 5.93. The van der Waals surface area contributed by atoms with Crippen LogP contribution in [0.5, 0.6) is 0 Å². The van der Waals surface area contributed by atoms with Crippen molar-refractivity contribution in [3.8, 4) is 0 Å². The highest BCUT2D eigenvalue weighted by molar-refractivity contribution is 5.84. The second-order valence-electron chi connectivity index (χ2n) is 5.93. The molecule has 1 aliphatic rings. The van der Waals surface area contributed by atoms with Crippen molar-refractivity contribution in [3.63, 3.8) is 0 Å². The van der Waals surface area contributed by atoms with E-state index in [0.29, 0.717) is 6.04 Å². The van der Waals surface area contributed by atoms with Crippen LogP contribution in [0.25, 0.3) is 10.9 Å².